The van der Waals surface area contributed by atoms with E-state index in [1.165, 1.54) is 96.3 Å². The van der Waals surface area contributed by atoms with E-state index >= 15 is 0 Å². The Balaban J connectivity index is 1.87. The van der Waals surface area contributed by atoms with E-state index in [0.29, 0.717) is 5.41 Å². The first-order chi connectivity index (χ1) is 15.4. The van der Waals surface area contributed by atoms with E-state index in [9.17, 15) is 4.79 Å². The van der Waals surface area contributed by atoms with Gasteiger partial charge in [0.25, 0.3) is 0 Å². The van der Waals surface area contributed by atoms with Crippen LogP contribution in [0.2, 0.25) is 0 Å². The summed E-state index contributed by atoms with van der Waals surface area (Å²) in [6, 6.07) is 0. The van der Waals surface area contributed by atoms with Gasteiger partial charge in [0.2, 0.25) is 6.41 Å². The number of hydrogen-bond acceptors (Lipinski definition) is 2. The number of carbonyl (C=O) groups is 1. The van der Waals surface area contributed by atoms with Gasteiger partial charge in [-0.2, -0.15) is 0 Å². The van der Waals surface area contributed by atoms with Crippen molar-refractivity contribution in [1.29, 1.82) is 0 Å². The van der Waals surface area contributed by atoms with Gasteiger partial charge in [0.05, 0.1) is 22.9 Å². The number of halogens is 1. The van der Waals surface area contributed by atoms with Crippen molar-refractivity contribution in [2.45, 2.75) is 124 Å². The monoisotopic (exact) mass is 560 g/mol. The molecule has 0 aromatic carbocycles. The SMILES string of the molecule is C[C@H](CCCCCCN(I)C=O)C1CCCC(C2(C)CCCCC2)[C@@H](CCN)[C@@H](C)CC1. The first-order valence-corrected chi connectivity index (χ1v) is 15.0. The van der Waals surface area contributed by atoms with E-state index in [2.05, 4.69) is 43.6 Å². The van der Waals surface area contributed by atoms with Crippen LogP contribution in [0.4, 0.5) is 0 Å². The maximum absolute atomic E-state index is 10.7. The van der Waals surface area contributed by atoms with Crippen LogP contribution in [0.3, 0.4) is 0 Å². The van der Waals surface area contributed by atoms with Crippen LogP contribution >= 0.6 is 22.9 Å². The molecular weight excluding hydrogens is 507 g/mol. The predicted octanol–water partition coefficient (Wildman–Crippen LogP) is 8.15. The first-order valence-electron chi connectivity index (χ1n) is 14.0. The highest BCUT2D eigenvalue weighted by Crippen LogP contribution is 2.51. The number of hydrogen-bond donors (Lipinski definition) is 1. The molecular formula is C28H53IN2O. The second-order valence-corrected chi connectivity index (χ2v) is 13.0. The molecule has 0 saturated heterocycles. The summed E-state index contributed by atoms with van der Waals surface area (Å²) < 4.78 is 1.73. The first kappa shape index (κ1) is 28.4. The van der Waals surface area contributed by atoms with Gasteiger partial charge in [-0.05, 0) is 80.1 Å². The summed E-state index contributed by atoms with van der Waals surface area (Å²) in [7, 11) is 0. The quantitative estimate of drug-likeness (QED) is 0.113. The third-order valence-electron chi connectivity index (χ3n) is 9.42. The fourth-order valence-corrected chi connectivity index (χ4v) is 7.60. The Hall–Kier alpha value is 0.160. The van der Waals surface area contributed by atoms with Gasteiger partial charge >= 0.3 is 0 Å². The van der Waals surface area contributed by atoms with Crippen LogP contribution in [0.15, 0.2) is 0 Å². The summed E-state index contributed by atoms with van der Waals surface area (Å²) in [6.07, 6.45) is 23.0. The van der Waals surface area contributed by atoms with E-state index in [0.717, 1.165) is 55.5 Å². The minimum absolute atomic E-state index is 0.565. The molecule has 0 aromatic heterocycles. The van der Waals surface area contributed by atoms with Crippen molar-refractivity contribution in [3.05, 3.63) is 0 Å². The van der Waals surface area contributed by atoms with Crippen LogP contribution in [0, 0.1) is 35.0 Å². The minimum atomic E-state index is 0.565. The van der Waals surface area contributed by atoms with E-state index in [4.69, 9.17) is 5.73 Å². The maximum atomic E-state index is 10.7. The molecule has 2 unspecified atom stereocenters. The van der Waals surface area contributed by atoms with E-state index in [-0.39, 0.29) is 0 Å². The second kappa shape index (κ2) is 15.2. The van der Waals surface area contributed by atoms with Gasteiger partial charge in [0, 0.05) is 6.54 Å². The van der Waals surface area contributed by atoms with Gasteiger partial charge in [-0.1, -0.05) is 85.0 Å². The number of rotatable bonds is 12. The highest BCUT2D eigenvalue weighted by atomic mass is 127. The van der Waals surface area contributed by atoms with Gasteiger partial charge < -0.3 is 5.73 Å². The third-order valence-corrected chi connectivity index (χ3v) is 10.1. The Kier molecular flexibility index (Phi) is 13.5. The fourth-order valence-electron chi connectivity index (χ4n) is 7.26. The Bertz CT molecular complexity index is 508. The molecule has 3 nitrogen and oxygen atoms in total. The van der Waals surface area contributed by atoms with Crippen LogP contribution in [0.5, 0.6) is 0 Å². The molecule has 0 aliphatic heterocycles. The molecule has 2 aliphatic rings. The Morgan fingerprint density at radius 3 is 2.44 bits per heavy atom. The molecule has 0 radical (unpaired) electrons. The third kappa shape index (κ3) is 9.07. The van der Waals surface area contributed by atoms with Crippen molar-refractivity contribution in [2.24, 2.45) is 40.7 Å². The van der Waals surface area contributed by atoms with Crippen LogP contribution in [-0.4, -0.2) is 22.6 Å². The van der Waals surface area contributed by atoms with Gasteiger partial charge in [-0.15, -0.1) is 0 Å². The average molecular weight is 561 g/mol. The van der Waals surface area contributed by atoms with Crippen LogP contribution in [-0.2, 0) is 4.79 Å². The van der Waals surface area contributed by atoms with Crippen molar-refractivity contribution in [3.63, 3.8) is 0 Å². The molecule has 2 N–H and O–H groups in total. The standard InChI is InChI=1S/C28H53IN2O/c1-23(12-7-4-5-10-21-31(29)22-32)25-13-11-14-27(28(3)18-8-6-9-19-28)26(17-20-30)24(2)15-16-25/h22-27H,4-21,30H2,1-3H3/t23-,24+,25?,26+,27?/m1/s1. The number of amides is 1. The zero-order valence-corrected chi connectivity index (χ0v) is 23.7. The van der Waals surface area contributed by atoms with Gasteiger partial charge in [-0.3, -0.25) is 7.91 Å². The summed E-state index contributed by atoms with van der Waals surface area (Å²) in [6.45, 7) is 9.48. The second-order valence-electron chi connectivity index (χ2n) is 11.7. The van der Waals surface area contributed by atoms with Crippen molar-refractivity contribution in [3.8, 4) is 0 Å². The molecule has 32 heavy (non-hydrogen) atoms. The zero-order chi connectivity index (χ0) is 23.4. The van der Waals surface area contributed by atoms with Crippen molar-refractivity contribution in [1.82, 2.24) is 3.11 Å². The lowest BCUT2D eigenvalue weighted by Crippen LogP contribution is -2.38. The van der Waals surface area contributed by atoms with E-state index < -0.39 is 0 Å². The van der Waals surface area contributed by atoms with Gasteiger partial charge in [-0.25, -0.2) is 0 Å². The summed E-state index contributed by atoms with van der Waals surface area (Å²) >= 11 is 2.10. The van der Waals surface area contributed by atoms with Gasteiger partial charge in [0.15, 0.2) is 0 Å². The Morgan fingerprint density at radius 2 is 1.75 bits per heavy atom. The Labute approximate surface area is 213 Å². The highest BCUT2D eigenvalue weighted by molar-refractivity contribution is 14.1. The van der Waals surface area contributed by atoms with Crippen LogP contribution in [0.1, 0.15) is 124 Å². The largest absolute Gasteiger partial charge is 0.330 e. The average Bonchev–Trinajstić information content (AvgIpc) is 2.86. The molecule has 0 bridgehead atoms. The molecule has 188 valence electrons. The fraction of sp³-hybridized carbons (Fsp3) is 0.964. The molecule has 0 heterocycles. The number of nitrogens with zero attached hydrogens (tertiary/aromatic N) is 1. The highest BCUT2D eigenvalue weighted by Gasteiger charge is 2.41. The normalized spacial score (nSPS) is 30.0. The lowest BCUT2D eigenvalue weighted by atomic mass is 9.59. The lowest BCUT2D eigenvalue weighted by molar-refractivity contribution is -0.113. The smallest absolute Gasteiger partial charge is 0.218 e. The molecule has 2 fully saturated rings. The van der Waals surface area contributed by atoms with E-state index in [1.54, 1.807) is 3.11 Å². The summed E-state index contributed by atoms with van der Waals surface area (Å²) in [5.74, 6) is 4.31. The molecule has 0 aromatic rings. The number of carbonyl (C=O) groups excluding carboxylic acids is 1. The van der Waals surface area contributed by atoms with E-state index in [1.807, 2.05) is 0 Å². The molecule has 2 saturated carbocycles. The van der Waals surface area contributed by atoms with Crippen LogP contribution in [0.25, 0.3) is 0 Å². The molecule has 2 rings (SSSR count). The summed E-state index contributed by atoms with van der Waals surface area (Å²) in [5, 5.41) is 0. The molecule has 0 spiro atoms. The maximum Gasteiger partial charge on any atom is 0.218 e. The zero-order valence-electron chi connectivity index (χ0n) is 21.5. The molecule has 4 heteroatoms. The minimum Gasteiger partial charge on any atom is -0.330 e. The summed E-state index contributed by atoms with van der Waals surface area (Å²) in [4.78, 5) is 10.7. The number of unbranched alkanes of at least 4 members (excludes halogenated alkanes) is 3. The molecule has 2 aliphatic carbocycles. The molecule has 1 amide bonds. The lowest BCUT2D eigenvalue weighted by Gasteiger charge is -2.46. The molecule has 5 atom stereocenters. The van der Waals surface area contributed by atoms with Crippen molar-refractivity contribution in [2.75, 3.05) is 13.1 Å². The van der Waals surface area contributed by atoms with Crippen molar-refractivity contribution >= 4 is 29.3 Å². The van der Waals surface area contributed by atoms with Gasteiger partial charge in [0.1, 0.15) is 0 Å². The number of nitrogens with two attached hydrogens (primary N) is 1. The topological polar surface area (TPSA) is 46.3 Å². The predicted molar refractivity (Wildman–Crippen MR) is 147 cm³/mol. The van der Waals surface area contributed by atoms with Crippen LogP contribution < -0.4 is 5.73 Å². The Morgan fingerprint density at radius 1 is 1.03 bits per heavy atom. The van der Waals surface area contributed by atoms with Crippen molar-refractivity contribution < 1.29 is 4.79 Å². The summed E-state index contributed by atoms with van der Waals surface area (Å²) in [5.41, 5.74) is 6.72.